The van der Waals surface area contributed by atoms with Crippen LogP contribution in [0.25, 0.3) is 5.69 Å². The molecule has 2 aromatic heterocycles. The van der Waals surface area contributed by atoms with Crippen molar-refractivity contribution >= 4 is 40.0 Å². The summed E-state index contributed by atoms with van der Waals surface area (Å²) in [7, 11) is 1.34. The van der Waals surface area contributed by atoms with E-state index in [4.69, 9.17) is 9.26 Å². The SMILES string of the molecule is COC(=O)c1c(NC(=O)CSc2c([O-])on[n+]2-c2ccccc2)sc2c1CCCCC2. The number of thiophene rings is 1. The first-order valence-electron chi connectivity index (χ1n) is 9.88. The van der Waals surface area contributed by atoms with E-state index in [1.165, 1.54) is 23.1 Å². The molecule has 1 aliphatic carbocycles. The number of amides is 1. The molecule has 31 heavy (non-hydrogen) atoms. The number of rotatable bonds is 6. The lowest BCUT2D eigenvalue weighted by Gasteiger charge is -2.07. The minimum absolute atomic E-state index is 0.0353. The van der Waals surface area contributed by atoms with Gasteiger partial charge in [-0.15, -0.1) is 11.3 Å². The number of nitrogens with one attached hydrogen (secondary N) is 1. The Balaban J connectivity index is 1.51. The fourth-order valence-electron chi connectivity index (χ4n) is 3.54. The normalized spacial score (nSPS) is 13.3. The Kier molecular flexibility index (Phi) is 6.57. The molecule has 0 saturated carbocycles. The monoisotopic (exact) mass is 459 g/mol. The van der Waals surface area contributed by atoms with Crippen LogP contribution >= 0.6 is 23.1 Å². The fourth-order valence-corrected chi connectivity index (χ4v) is 5.59. The number of hydrogen-bond acceptors (Lipinski definition) is 8. The van der Waals surface area contributed by atoms with E-state index >= 15 is 0 Å². The van der Waals surface area contributed by atoms with E-state index in [0.29, 0.717) is 16.3 Å². The van der Waals surface area contributed by atoms with E-state index in [0.717, 1.165) is 54.3 Å². The third kappa shape index (κ3) is 4.59. The Morgan fingerprint density at radius 2 is 2.03 bits per heavy atom. The number of carbonyl (C=O) groups is 2. The zero-order valence-corrected chi connectivity index (χ0v) is 18.5. The number of para-hydroxylation sites is 1. The predicted octanol–water partition coefficient (Wildman–Crippen LogP) is 2.87. The first-order valence-corrected chi connectivity index (χ1v) is 11.7. The molecular weight excluding hydrogens is 438 g/mol. The number of carbonyl (C=O) groups excluding carboxylic acids is 2. The molecular formula is C21H21N3O5S2. The standard InChI is InChI=1S/C21H21N3O5S2/c1-28-20(26)17-14-10-6-3-7-11-15(14)31-18(17)22-16(25)12-30-19-21(27)29-23-24(19)13-8-4-2-5-9-13/h2,4-5,8-9H,3,6-7,10-12H2,1H3,(H-,22,23,25,26,27). The second-order valence-corrected chi connectivity index (χ2v) is 9.08. The maximum absolute atomic E-state index is 12.7. The summed E-state index contributed by atoms with van der Waals surface area (Å²) >= 11 is 2.47. The van der Waals surface area contributed by atoms with Crippen LogP contribution in [0.5, 0.6) is 5.95 Å². The smallest absolute Gasteiger partial charge is 0.341 e. The van der Waals surface area contributed by atoms with Crippen molar-refractivity contribution in [2.75, 3.05) is 18.2 Å². The third-order valence-corrected chi connectivity index (χ3v) is 7.20. The molecule has 0 radical (unpaired) electrons. The Bertz CT molecular complexity index is 1090. The average molecular weight is 460 g/mol. The molecule has 0 unspecified atom stereocenters. The summed E-state index contributed by atoms with van der Waals surface area (Å²) in [5.41, 5.74) is 2.10. The number of esters is 1. The summed E-state index contributed by atoms with van der Waals surface area (Å²) in [6.07, 6.45) is 4.90. The largest absolute Gasteiger partial charge is 0.538 e. The highest BCUT2D eigenvalue weighted by molar-refractivity contribution is 7.99. The lowest BCUT2D eigenvalue weighted by molar-refractivity contribution is -0.705. The molecule has 0 spiro atoms. The average Bonchev–Trinajstić information content (AvgIpc) is 3.23. The number of nitrogens with zero attached hydrogens (tertiary/aromatic N) is 2. The maximum atomic E-state index is 12.7. The minimum Gasteiger partial charge on any atom is -0.538 e. The van der Waals surface area contributed by atoms with Crippen LogP contribution in [-0.4, -0.2) is 30.0 Å². The zero-order chi connectivity index (χ0) is 21.8. The van der Waals surface area contributed by atoms with Gasteiger partial charge in [-0.3, -0.25) is 4.79 Å². The van der Waals surface area contributed by atoms with Gasteiger partial charge in [-0.2, -0.15) is 0 Å². The van der Waals surface area contributed by atoms with Gasteiger partial charge in [0, 0.05) is 17.0 Å². The molecule has 0 fully saturated rings. The Morgan fingerprint density at radius 1 is 1.26 bits per heavy atom. The molecule has 0 bridgehead atoms. The van der Waals surface area contributed by atoms with Crippen LogP contribution in [0.3, 0.4) is 0 Å². The zero-order valence-electron chi connectivity index (χ0n) is 16.9. The molecule has 2 heterocycles. The number of methoxy groups -OCH3 is 1. The number of thioether (sulfide) groups is 1. The van der Waals surface area contributed by atoms with Crippen molar-refractivity contribution in [3.8, 4) is 11.6 Å². The topological polar surface area (TPSA) is 108 Å². The molecule has 10 heteroatoms. The summed E-state index contributed by atoms with van der Waals surface area (Å²) in [4.78, 5) is 26.2. The molecule has 4 rings (SSSR count). The molecule has 162 valence electrons. The van der Waals surface area contributed by atoms with Crippen LogP contribution < -0.4 is 15.1 Å². The predicted molar refractivity (Wildman–Crippen MR) is 114 cm³/mol. The lowest BCUT2D eigenvalue weighted by Crippen LogP contribution is -2.35. The van der Waals surface area contributed by atoms with E-state index in [2.05, 4.69) is 10.6 Å². The summed E-state index contributed by atoms with van der Waals surface area (Å²) < 4.78 is 11.1. The fraction of sp³-hybridized carbons (Fsp3) is 0.333. The molecule has 0 atom stereocenters. The van der Waals surface area contributed by atoms with E-state index in [1.807, 2.05) is 18.2 Å². The van der Waals surface area contributed by atoms with Crippen molar-refractivity contribution < 1.29 is 28.6 Å². The van der Waals surface area contributed by atoms with Gasteiger partial charge in [0.05, 0.1) is 23.7 Å². The Labute approximate surface area is 187 Å². The van der Waals surface area contributed by atoms with Crippen molar-refractivity contribution in [2.24, 2.45) is 0 Å². The van der Waals surface area contributed by atoms with Crippen LogP contribution in [-0.2, 0) is 22.4 Å². The Hall–Kier alpha value is -2.85. The molecule has 1 aromatic carbocycles. The molecule has 0 saturated heterocycles. The lowest BCUT2D eigenvalue weighted by atomic mass is 10.1. The summed E-state index contributed by atoms with van der Waals surface area (Å²) in [6, 6.07) is 9.06. The Morgan fingerprint density at radius 3 is 2.81 bits per heavy atom. The van der Waals surface area contributed by atoms with Gasteiger partial charge in [-0.25, -0.2) is 4.79 Å². The van der Waals surface area contributed by atoms with Crippen LogP contribution in [0.2, 0.25) is 0 Å². The van der Waals surface area contributed by atoms with Gasteiger partial charge >= 0.3 is 5.97 Å². The number of anilines is 1. The van der Waals surface area contributed by atoms with E-state index in [9.17, 15) is 14.7 Å². The highest BCUT2D eigenvalue weighted by Crippen LogP contribution is 2.38. The number of fused-ring (bicyclic) bond motifs is 1. The first kappa shape index (κ1) is 21.4. The van der Waals surface area contributed by atoms with Crippen molar-refractivity contribution in [1.29, 1.82) is 0 Å². The number of aryl methyl sites for hydroxylation is 1. The number of benzene rings is 1. The second-order valence-electron chi connectivity index (χ2n) is 7.01. The van der Waals surface area contributed by atoms with Crippen LogP contribution in [0.15, 0.2) is 39.9 Å². The number of aromatic nitrogens is 2. The van der Waals surface area contributed by atoms with Gasteiger partial charge in [-0.05, 0) is 47.7 Å². The van der Waals surface area contributed by atoms with Crippen molar-refractivity contribution in [2.45, 2.75) is 37.1 Å². The van der Waals surface area contributed by atoms with E-state index in [-0.39, 0.29) is 16.7 Å². The molecule has 0 aliphatic heterocycles. The van der Waals surface area contributed by atoms with Crippen molar-refractivity contribution in [3.63, 3.8) is 0 Å². The van der Waals surface area contributed by atoms with Gasteiger partial charge in [0.15, 0.2) is 5.95 Å². The van der Waals surface area contributed by atoms with Gasteiger partial charge in [0.2, 0.25) is 11.6 Å². The number of hydrogen-bond donors (Lipinski definition) is 1. The summed E-state index contributed by atoms with van der Waals surface area (Å²) in [5.74, 6) is -1.41. The molecule has 1 N–H and O–H groups in total. The minimum atomic E-state index is -0.611. The molecule has 1 amide bonds. The van der Waals surface area contributed by atoms with Gasteiger partial charge < -0.3 is 19.7 Å². The van der Waals surface area contributed by atoms with Gasteiger partial charge in [0.25, 0.3) is 5.03 Å². The van der Waals surface area contributed by atoms with Gasteiger partial charge in [-0.1, -0.05) is 24.6 Å². The summed E-state index contributed by atoms with van der Waals surface area (Å²) in [5, 5.41) is 19.4. The molecule has 8 nitrogen and oxygen atoms in total. The molecule has 1 aliphatic rings. The second kappa shape index (κ2) is 9.52. The van der Waals surface area contributed by atoms with Crippen LogP contribution in [0.4, 0.5) is 5.00 Å². The van der Waals surface area contributed by atoms with Crippen molar-refractivity contribution in [1.82, 2.24) is 5.27 Å². The molecule has 3 aromatic rings. The maximum Gasteiger partial charge on any atom is 0.341 e. The van der Waals surface area contributed by atoms with Crippen LogP contribution in [0, 0.1) is 0 Å². The highest BCUT2D eigenvalue weighted by Gasteiger charge is 2.27. The van der Waals surface area contributed by atoms with Crippen molar-refractivity contribution in [3.05, 3.63) is 46.3 Å². The van der Waals surface area contributed by atoms with Crippen LogP contribution in [0.1, 0.15) is 40.1 Å². The quantitative estimate of drug-likeness (QED) is 0.261. The van der Waals surface area contributed by atoms with E-state index < -0.39 is 11.9 Å². The third-order valence-electron chi connectivity index (χ3n) is 4.98. The first-order chi connectivity index (χ1) is 15.1. The van der Waals surface area contributed by atoms with E-state index in [1.54, 1.807) is 12.1 Å². The summed E-state index contributed by atoms with van der Waals surface area (Å²) in [6.45, 7) is 0. The van der Waals surface area contributed by atoms with Gasteiger partial charge in [0.1, 0.15) is 5.00 Å². The highest BCUT2D eigenvalue weighted by atomic mass is 32.2. The number of ether oxygens (including phenoxy) is 1.